The highest BCUT2D eigenvalue weighted by atomic mass is 32.2. The van der Waals surface area contributed by atoms with Crippen LogP contribution in [0, 0.1) is 0 Å². The van der Waals surface area contributed by atoms with Crippen LogP contribution in [0.15, 0.2) is 42.5 Å². The number of pyridine rings is 1. The molecule has 2 aromatic rings. The summed E-state index contributed by atoms with van der Waals surface area (Å²) in [7, 11) is 1.40. The fourth-order valence-corrected chi connectivity index (χ4v) is 4.42. The Kier molecular flexibility index (Phi) is 5.60. The first-order valence-electron chi connectivity index (χ1n) is 8.71. The summed E-state index contributed by atoms with van der Waals surface area (Å²) in [5.74, 6) is 0.915. The van der Waals surface area contributed by atoms with Crippen molar-refractivity contribution in [2.75, 3.05) is 34.3 Å². The summed E-state index contributed by atoms with van der Waals surface area (Å²) in [5, 5.41) is 0. The number of ether oxygens (including phenoxy) is 1. The first-order valence-corrected chi connectivity index (χ1v) is 10.1. The summed E-state index contributed by atoms with van der Waals surface area (Å²) in [4.78, 5) is 4.81. The molecule has 0 amide bonds. The molecule has 2 heterocycles. The summed E-state index contributed by atoms with van der Waals surface area (Å²) >= 11 is 0. The highest BCUT2D eigenvalue weighted by molar-refractivity contribution is 7.86. The van der Waals surface area contributed by atoms with E-state index >= 15 is 0 Å². The van der Waals surface area contributed by atoms with Gasteiger partial charge in [-0.3, -0.25) is 4.98 Å². The van der Waals surface area contributed by atoms with E-state index in [1.165, 1.54) is 4.31 Å². The average molecular weight is 375 g/mol. The van der Waals surface area contributed by atoms with Gasteiger partial charge in [0.2, 0.25) is 0 Å². The molecule has 0 radical (unpaired) electrons. The molecule has 0 spiro atoms. The second kappa shape index (κ2) is 7.73. The van der Waals surface area contributed by atoms with Gasteiger partial charge in [0.15, 0.2) is 0 Å². The van der Waals surface area contributed by atoms with Crippen LogP contribution >= 0.6 is 0 Å². The molecule has 1 aromatic heterocycles. The Balaban J connectivity index is 1.83. The van der Waals surface area contributed by atoms with Gasteiger partial charge in [-0.1, -0.05) is 6.07 Å². The van der Waals surface area contributed by atoms with Crippen LogP contribution in [0.5, 0.6) is 5.75 Å². The number of hydrogen-bond donors (Lipinski definition) is 0. The smallest absolute Gasteiger partial charge is 0.281 e. The average Bonchev–Trinajstić information content (AvgIpc) is 2.68. The van der Waals surface area contributed by atoms with Gasteiger partial charge in [0.05, 0.1) is 12.8 Å². The lowest BCUT2D eigenvalue weighted by atomic mass is 9.95. The van der Waals surface area contributed by atoms with Gasteiger partial charge in [-0.25, -0.2) is 0 Å². The van der Waals surface area contributed by atoms with Crippen LogP contribution in [-0.4, -0.2) is 56.3 Å². The van der Waals surface area contributed by atoms with E-state index in [1.54, 1.807) is 25.5 Å². The number of hydrogen-bond acceptors (Lipinski definition) is 4. The van der Waals surface area contributed by atoms with Gasteiger partial charge in [-0.05, 0) is 49.2 Å². The van der Waals surface area contributed by atoms with Gasteiger partial charge >= 0.3 is 0 Å². The number of nitrogens with zero attached hydrogens (tertiary/aromatic N) is 3. The largest absolute Gasteiger partial charge is 0.497 e. The summed E-state index contributed by atoms with van der Waals surface area (Å²) in [6.45, 7) is 1.04. The normalized spacial score (nSPS) is 18.8. The molecule has 0 bridgehead atoms. The minimum atomic E-state index is -3.39. The summed E-state index contributed by atoms with van der Waals surface area (Å²) < 4.78 is 32.9. The van der Waals surface area contributed by atoms with Crippen molar-refractivity contribution in [2.45, 2.75) is 18.8 Å². The van der Waals surface area contributed by atoms with Crippen molar-refractivity contribution in [1.82, 2.24) is 13.6 Å². The van der Waals surface area contributed by atoms with Crippen molar-refractivity contribution in [3.8, 4) is 17.0 Å². The number of piperidine rings is 1. The number of rotatable bonds is 5. The third-order valence-electron chi connectivity index (χ3n) is 4.75. The molecule has 3 rings (SSSR count). The number of benzene rings is 1. The van der Waals surface area contributed by atoms with Gasteiger partial charge in [-0.2, -0.15) is 17.0 Å². The Hall–Kier alpha value is -1.96. The van der Waals surface area contributed by atoms with Crippen LogP contribution in [0.2, 0.25) is 0 Å². The predicted octanol–water partition coefficient (Wildman–Crippen LogP) is 2.74. The van der Waals surface area contributed by atoms with Crippen LogP contribution in [0.3, 0.4) is 0 Å². The van der Waals surface area contributed by atoms with E-state index in [1.807, 2.05) is 42.5 Å². The molecule has 1 aliphatic heterocycles. The van der Waals surface area contributed by atoms with Gasteiger partial charge in [0.25, 0.3) is 10.2 Å². The van der Waals surface area contributed by atoms with Crippen LogP contribution in [0.25, 0.3) is 11.3 Å². The van der Waals surface area contributed by atoms with Crippen LogP contribution in [0.4, 0.5) is 0 Å². The highest BCUT2D eigenvalue weighted by Crippen LogP contribution is 2.29. The Labute approximate surface area is 155 Å². The van der Waals surface area contributed by atoms with E-state index in [4.69, 9.17) is 9.72 Å². The van der Waals surface area contributed by atoms with E-state index < -0.39 is 10.2 Å². The molecule has 1 aromatic carbocycles. The minimum absolute atomic E-state index is 0.108. The molecule has 0 saturated carbocycles. The summed E-state index contributed by atoms with van der Waals surface area (Å²) in [6.07, 6.45) is 1.78. The maximum absolute atomic E-state index is 12.4. The zero-order chi connectivity index (χ0) is 18.7. The molecule has 0 N–H and O–H groups in total. The standard InChI is InChI=1S/C19H25N3O3S/c1-21(2)26(23,24)22-13-5-6-16(14-22)19-8-4-7-18(20-19)15-9-11-17(25-3)12-10-15/h4,7-12,16H,5-6,13-14H2,1-3H3/t16-/m0/s1. The fourth-order valence-electron chi connectivity index (χ4n) is 3.23. The number of aromatic nitrogens is 1. The quantitative estimate of drug-likeness (QED) is 0.806. The second-order valence-electron chi connectivity index (χ2n) is 6.66. The van der Waals surface area contributed by atoms with E-state index in [9.17, 15) is 8.42 Å². The Morgan fingerprint density at radius 3 is 2.54 bits per heavy atom. The van der Waals surface area contributed by atoms with Gasteiger partial charge in [0.1, 0.15) is 5.75 Å². The maximum Gasteiger partial charge on any atom is 0.281 e. The fraction of sp³-hybridized carbons (Fsp3) is 0.421. The molecule has 6 nitrogen and oxygen atoms in total. The monoisotopic (exact) mass is 375 g/mol. The molecule has 140 valence electrons. The molecular formula is C19H25N3O3S. The third kappa shape index (κ3) is 3.90. The third-order valence-corrected chi connectivity index (χ3v) is 6.65. The Bertz CT molecular complexity index is 851. The Morgan fingerprint density at radius 2 is 1.88 bits per heavy atom. The van der Waals surface area contributed by atoms with Crippen molar-refractivity contribution >= 4 is 10.2 Å². The van der Waals surface area contributed by atoms with Crippen molar-refractivity contribution in [3.63, 3.8) is 0 Å². The first-order chi connectivity index (χ1) is 12.4. The van der Waals surface area contributed by atoms with Crippen molar-refractivity contribution in [2.24, 2.45) is 0 Å². The van der Waals surface area contributed by atoms with Gasteiger partial charge in [0, 0.05) is 44.4 Å². The van der Waals surface area contributed by atoms with Crippen LogP contribution in [-0.2, 0) is 10.2 Å². The Morgan fingerprint density at radius 1 is 1.15 bits per heavy atom. The predicted molar refractivity (Wildman–Crippen MR) is 102 cm³/mol. The minimum Gasteiger partial charge on any atom is -0.497 e. The molecular weight excluding hydrogens is 350 g/mol. The molecule has 1 saturated heterocycles. The topological polar surface area (TPSA) is 62.7 Å². The van der Waals surface area contributed by atoms with Crippen molar-refractivity contribution in [1.29, 1.82) is 0 Å². The maximum atomic E-state index is 12.4. The zero-order valence-electron chi connectivity index (χ0n) is 15.4. The summed E-state index contributed by atoms with van der Waals surface area (Å²) in [5.41, 5.74) is 2.84. The van der Waals surface area contributed by atoms with Gasteiger partial charge in [-0.15, -0.1) is 0 Å². The van der Waals surface area contributed by atoms with Crippen molar-refractivity contribution in [3.05, 3.63) is 48.2 Å². The summed E-state index contributed by atoms with van der Waals surface area (Å²) in [6, 6.07) is 13.7. The molecule has 0 unspecified atom stereocenters. The van der Waals surface area contributed by atoms with E-state index in [0.29, 0.717) is 13.1 Å². The molecule has 1 fully saturated rings. The van der Waals surface area contributed by atoms with Gasteiger partial charge < -0.3 is 4.74 Å². The van der Waals surface area contributed by atoms with Crippen LogP contribution in [0.1, 0.15) is 24.5 Å². The van der Waals surface area contributed by atoms with E-state index in [0.717, 1.165) is 35.5 Å². The molecule has 1 atom stereocenters. The van der Waals surface area contributed by atoms with Crippen molar-refractivity contribution < 1.29 is 13.2 Å². The lowest BCUT2D eigenvalue weighted by Gasteiger charge is -2.33. The molecule has 0 aliphatic carbocycles. The number of methoxy groups -OCH3 is 1. The van der Waals surface area contributed by atoms with E-state index in [-0.39, 0.29) is 5.92 Å². The molecule has 7 heteroatoms. The molecule has 26 heavy (non-hydrogen) atoms. The first kappa shape index (κ1) is 18.8. The lowest BCUT2D eigenvalue weighted by Crippen LogP contribution is -2.45. The SMILES string of the molecule is COc1ccc(-c2cccc([C@H]3CCCN(S(=O)(=O)N(C)C)C3)n2)cc1. The van der Waals surface area contributed by atoms with Crippen LogP contribution < -0.4 is 4.74 Å². The molecule has 1 aliphatic rings. The van der Waals surface area contributed by atoms with E-state index in [2.05, 4.69) is 0 Å². The highest BCUT2D eigenvalue weighted by Gasteiger charge is 2.31. The lowest BCUT2D eigenvalue weighted by molar-refractivity contribution is 0.296. The zero-order valence-corrected chi connectivity index (χ0v) is 16.2. The second-order valence-corrected chi connectivity index (χ2v) is 8.81.